The van der Waals surface area contributed by atoms with Crippen molar-refractivity contribution in [3.05, 3.63) is 22.7 Å². The Labute approximate surface area is 137 Å². The second kappa shape index (κ2) is 7.26. The van der Waals surface area contributed by atoms with E-state index in [1.807, 2.05) is 0 Å². The van der Waals surface area contributed by atoms with Gasteiger partial charge in [-0.1, -0.05) is 13.8 Å². The van der Waals surface area contributed by atoms with Crippen LogP contribution in [-0.2, 0) is 9.53 Å². The lowest BCUT2D eigenvalue weighted by molar-refractivity contribution is -0.119. The molecule has 10 nitrogen and oxygen atoms in total. The highest BCUT2D eigenvalue weighted by Crippen LogP contribution is 2.28. The number of aliphatic hydroxyl groups is 3. The van der Waals surface area contributed by atoms with Crippen LogP contribution in [-0.4, -0.2) is 61.7 Å². The summed E-state index contributed by atoms with van der Waals surface area (Å²) >= 11 is 0. The van der Waals surface area contributed by atoms with Crippen LogP contribution < -0.4 is 16.7 Å². The summed E-state index contributed by atoms with van der Waals surface area (Å²) in [5.74, 6) is -0.521. The van der Waals surface area contributed by atoms with E-state index in [4.69, 9.17) is 15.6 Å². The molecule has 0 aromatic carbocycles. The summed E-state index contributed by atoms with van der Waals surface area (Å²) in [7, 11) is 0. The van der Waals surface area contributed by atoms with Crippen molar-refractivity contribution >= 4 is 11.7 Å². The van der Waals surface area contributed by atoms with E-state index in [2.05, 4.69) is 10.3 Å². The van der Waals surface area contributed by atoms with Gasteiger partial charge in [-0.05, 0) is 12.0 Å². The van der Waals surface area contributed by atoms with Crippen molar-refractivity contribution < 1.29 is 24.9 Å². The normalized spacial score (nSPS) is 28.1. The van der Waals surface area contributed by atoms with Crippen LogP contribution in [0.25, 0.3) is 0 Å². The van der Waals surface area contributed by atoms with Crippen LogP contribution in [0.3, 0.4) is 0 Å². The molecule has 10 heteroatoms. The van der Waals surface area contributed by atoms with Gasteiger partial charge in [0.15, 0.2) is 6.23 Å². The van der Waals surface area contributed by atoms with Gasteiger partial charge in [-0.25, -0.2) is 4.79 Å². The molecule has 2 heterocycles. The number of amides is 1. The number of nitrogens with zero attached hydrogens (tertiary/aromatic N) is 2. The van der Waals surface area contributed by atoms with Crippen molar-refractivity contribution in [2.45, 2.75) is 44.4 Å². The molecule has 1 aliphatic heterocycles. The van der Waals surface area contributed by atoms with Crippen LogP contribution in [0.15, 0.2) is 17.1 Å². The molecule has 1 unspecified atom stereocenters. The van der Waals surface area contributed by atoms with E-state index in [9.17, 15) is 19.8 Å². The van der Waals surface area contributed by atoms with Gasteiger partial charge < -0.3 is 31.1 Å². The zero-order valence-corrected chi connectivity index (χ0v) is 13.4. The van der Waals surface area contributed by atoms with E-state index in [1.54, 1.807) is 13.8 Å². The molecule has 1 aromatic rings. The van der Waals surface area contributed by atoms with Crippen molar-refractivity contribution in [3.8, 4) is 0 Å². The van der Waals surface area contributed by atoms with Gasteiger partial charge in [0, 0.05) is 6.20 Å². The van der Waals surface area contributed by atoms with E-state index in [0.717, 1.165) is 4.57 Å². The first-order valence-corrected chi connectivity index (χ1v) is 7.53. The van der Waals surface area contributed by atoms with Crippen LogP contribution in [0.4, 0.5) is 5.82 Å². The third-order valence-electron chi connectivity index (χ3n) is 3.90. The summed E-state index contributed by atoms with van der Waals surface area (Å²) in [6.45, 7) is 3.09. The molecule has 0 saturated carbocycles. The van der Waals surface area contributed by atoms with Gasteiger partial charge in [0.25, 0.3) is 0 Å². The van der Waals surface area contributed by atoms with E-state index < -0.39 is 48.8 Å². The molecule has 0 spiro atoms. The van der Waals surface area contributed by atoms with E-state index in [-0.39, 0.29) is 11.7 Å². The van der Waals surface area contributed by atoms with Crippen molar-refractivity contribution in [2.24, 2.45) is 11.7 Å². The number of primary amides is 1. The van der Waals surface area contributed by atoms with Gasteiger partial charge in [0.2, 0.25) is 5.91 Å². The Morgan fingerprint density at radius 1 is 1.46 bits per heavy atom. The molecular weight excluding hydrogens is 320 g/mol. The summed E-state index contributed by atoms with van der Waals surface area (Å²) in [5.41, 5.74) is 4.55. The number of nitrogens with two attached hydrogens (primary N) is 1. The Kier molecular flexibility index (Phi) is 5.54. The lowest BCUT2D eigenvalue weighted by Crippen LogP contribution is -2.41. The molecular formula is C14H22N4O6. The molecule has 0 radical (unpaired) electrons. The second-order valence-electron chi connectivity index (χ2n) is 6.00. The number of carbonyl (C=O) groups excluding carboxylic acids is 1. The quantitative estimate of drug-likeness (QED) is 0.388. The minimum atomic E-state index is -1.38. The zero-order valence-electron chi connectivity index (χ0n) is 13.4. The third kappa shape index (κ3) is 3.56. The Morgan fingerprint density at radius 3 is 2.58 bits per heavy atom. The maximum atomic E-state index is 12.2. The van der Waals surface area contributed by atoms with E-state index in [0.29, 0.717) is 0 Å². The average molecular weight is 342 g/mol. The Balaban J connectivity index is 2.22. The molecule has 0 bridgehead atoms. The SMILES string of the molecule is CC(C)C(Nc1ccn([C@@H]2O[C@H](CO)[C@@H](O)[C@H]2O)c(=O)n1)C(N)=O. The number of rotatable bonds is 6. The maximum Gasteiger partial charge on any atom is 0.351 e. The van der Waals surface area contributed by atoms with Crippen molar-refractivity contribution in [1.82, 2.24) is 9.55 Å². The molecule has 1 amide bonds. The number of anilines is 1. The molecule has 2 rings (SSSR count). The fraction of sp³-hybridized carbons (Fsp3) is 0.643. The molecule has 1 fully saturated rings. The van der Waals surface area contributed by atoms with Gasteiger partial charge in [-0.2, -0.15) is 4.98 Å². The number of nitrogens with one attached hydrogen (secondary N) is 1. The summed E-state index contributed by atoms with van der Waals surface area (Å²) in [5, 5.41) is 31.6. The molecule has 1 aromatic heterocycles. The topological polar surface area (TPSA) is 160 Å². The number of aromatic nitrogens is 2. The molecule has 0 aliphatic carbocycles. The molecule has 1 saturated heterocycles. The second-order valence-corrected chi connectivity index (χ2v) is 6.00. The zero-order chi connectivity index (χ0) is 18.0. The maximum absolute atomic E-state index is 12.2. The number of aliphatic hydroxyl groups excluding tert-OH is 3. The largest absolute Gasteiger partial charge is 0.394 e. The standard InChI is InChI=1S/C14H22N4O6/c1-6(2)9(12(15)22)16-8-3-4-18(14(23)17-8)13-11(21)10(20)7(5-19)24-13/h3-4,6-7,9-11,13,19-21H,5H2,1-2H3,(H2,15,22)(H,16,17,23)/t7-,9?,10-,11-,13-/m1/s1. The number of hydrogen-bond donors (Lipinski definition) is 5. The smallest absolute Gasteiger partial charge is 0.351 e. The monoisotopic (exact) mass is 342 g/mol. The Morgan fingerprint density at radius 2 is 2.12 bits per heavy atom. The number of carbonyl (C=O) groups is 1. The van der Waals surface area contributed by atoms with Crippen LogP contribution in [0.1, 0.15) is 20.1 Å². The highest BCUT2D eigenvalue weighted by molar-refractivity contribution is 5.82. The van der Waals surface area contributed by atoms with Gasteiger partial charge in [-0.3, -0.25) is 9.36 Å². The van der Waals surface area contributed by atoms with Crippen molar-refractivity contribution in [2.75, 3.05) is 11.9 Å². The summed E-state index contributed by atoms with van der Waals surface area (Å²) in [6, 6.07) is 0.732. The first-order chi connectivity index (χ1) is 11.3. The molecule has 24 heavy (non-hydrogen) atoms. The molecule has 134 valence electrons. The van der Waals surface area contributed by atoms with Crippen molar-refractivity contribution in [1.29, 1.82) is 0 Å². The number of ether oxygens (including phenoxy) is 1. The van der Waals surface area contributed by atoms with Crippen LogP contribution in [0, 0.1) is 5.92 Å². The third-order valence-corrected chi connectivity index (χ3v) is 3.90. The Bertz CT molecular complexity index is 648. The highest BCUT2D eigenvalue weighted by Gasteiger charge is 2.43. The minimum Gasteiger partial charge on any atom is -0.394 e. The summed E-state index contributed by atoms with van der Waals surface area (Å²) in [4.78, 5) is 27.3. The highest BCUT2D eigenvalue weighted by atomic mass is 16.6. The predicted molar refractivity (Wildman–Crippen MR) is 82.9 cm³/mol. The van der Waals surface area contributed by atoms with Crippen LogP contribution in [0.5, 0.6) is 0 Å². The summed E-state index contributed by atoms with van der Waals surface area (Å²) in [6.07, 6.45) is -3.53. The molecule has 1 aliphatic rings. The van der Waals surface area contributed by atoms with Gasteiger partial charge in [-0.15, -0.1) is 0 Å². The van der Waals surface area contributed by atoms with Gasteiger partial charge >= 0.3 is 5.69 Å². The van der Waals surface area contributed by atoms with Gasteiger partial charge in [0.05, 0.1) is 6.61 Å². The van der Waals surface area contributed by atoms with Crippen molar-refractivity contribution in [3.63, 3.8) is 0 Å². The van der Waals surface area contributed by atoms with Crippen LogP contribution >= 0.6 is 0 Å². The average Bonchev–Trinajstić information content (AvgIpc) is 2.80. The fourth-order valence-corrected chi connectivity index (χ4v) is 2.52. The summed E-state index contributed by atoms with van der Waals surface area (Å²) < 4.78 is 6.28. The minimum absolute atomic E-state index is 0.104. The van der Waals surface area contributed by atoms with Crippen LogP contribution in [0.2, 0.25) is 0 Å². The molecule has 6 N–H and O–H groups in total. The van der Waals surface area contributed by atoms with E-state index >= 15 is 0 Å². The first-order valence-electron chi connectivity index (χ1n) is 7.53. The molecule has 5 atom stereocenters. The lowest BCUT2D eigenvalue weighted by Gasteiger charge is -2.21. The predicted octanol–water partition coefficient (Wildman–Crippen LogP) is -2.22. The Hall–Kier alpha value is -2.01. The first kappa shape index (κ1) is 18.3. The lowest BCUT2D eigenvalue weighted by atomic mass is 10.0. The number of hydrogen-bond acceptors (Lipinski definition) is 8. The van der Waals surface area contributed by atoms with Gasteiger partial charge in [0.1, 0.15) is 30.2 Å². The fourth-order valence-electron chi connectivity index (χ4n) is 2.52. The van der Waals surface area contributed by atoms with E-state index in [1.165, 1.54) is 12.3 Å².